The normalized spacial score (nSPS) is 18.9. The first kappa shape index (κ1) is 22.1. The van der Waals surface area contributed by atoms with Gasteiger partial charge in [0.05, 0.1) is 23.0 Å². The van der Waals surface area contributed by atoms with Gasteiger partial charge in [0.1, 0.15) is 0 Å². The van der Waals surface area contributed by atoms with E-state index in [1.54, 1.807) is 12.1 Å². The highest BCUT2D eigenvalue weighted by molar-refractivity contribution is 7.99. The topological polar surface area (TPSA) is 60.2 Å². The third-order valence-electron chi connectivity index (χ3n) is 4.92. The first-order valence-electron chi connectivity index (χ1n) is 9.94. The highest BCUT2D eigenvalue weighted by Gasteiger charge is 2.26. The summed E-state index contributed by atoms with van der Waals surface area (Å²) in [5, 5.41) is 10.4. The lowest BCUT2D eigenvalue weighted by Crippen LogP contribution is -2.48. The van der Waals surface area contributed by atoms with Crippen LogP contribution in [0.15, 0.2) is 53.7 Å². The van der Waals surface area contributed by atoms with E-state index in [-0.39, 0.29) is 23.9 Å². The van der Waals surface area contributed by atoms with Crippen molar-refractivity contribution in [1.29, 1.82) is 0 Å². The predicted molar refractivity (Wildman–Crippen MR) is 124 cm³/mol. The summed E-state index contributed by atoms with van der Waals surface area (Å²) < 4.78 is 7.64. The van der Waals surface area contributed by atoms with E-state index in [1.165, 1.54) is 11.8 Å². The van der Waals surface area contributed by atoms with E-state index in [1.807, 2.05) is 59.7 Å². The Labute approximate surface area is 195 Å². The molecule has 1 aliphatic rings. The lowest BCUT2D eigenvalue weighted by Gasteiger charge is -2.35. The lowest BCUT2D eigenvalue weighted by molar-refractivity contribution is -0.140. The second-order valence-corrected chi connectivity index (χ2v) is 9.23. The number of aromatic nitrogens is 3. The average molecular weight is 477 g/mol. The zero-order chi connectivity index (χ0) is 22.0. The number of ether oxygens (including phenoxy) is 1. The summed E-state index contributed by atoms with van der Waals surface area (Å²) in [4.78, 5) is 14.7. The molecule has 1 fully saturated rings. The molecule has 0 spiro atoms. The number of morpholine rings is 1. The predicted octanol–water partition coefficient (Wildman–Crippen LogP) is 4.97. The second-order valence-electron chi connectivity index (χ2n) is 7.45. The lowest BCUT2D eigenvalue weighted by atomic mass is 10.2. The summed E-state index contributed by atoms with van der Waals surface area (Å²) >= 11 is 13.9. The van der Waals surface area contributed by atoms with Crippen LogP contribution in [0.4, 0.5) is 0 Å². The maximum Gasteiger partial charge on any atom is 0.233 e. The zero-order valence-corrected chi connectivity index (χ0v) is 19.5. The molecular weight excluding hydrogens is 455 g/mol. The SMILES string of the molecule is CC1CN(C(=O)CSc2nnc(-c3ccc(Cl)cc3Cl)n2-c2ccccc2)CC(C)O1. The molecule has 0 aliphatic carbocycles. The maximum absolute atomic E-state index is 12.8. The van der Waals surface area contributed by atoms with Crippen molar-refractivity contribution in [3.63, 3.8) is 0 Å². The zero-order valence-electron chi connectivity index (χ0n) is 17.2. The van der Waals surface area contributed by atoms with Crippen LogP contribution in [0.1, 0.15) is 13.8 Å². The van der Waals surface area contributed by atoms with Crippen LogP contribution in [0.25, 0.3) is 17.1 Å². The van der Waals surface area contributed by atoms with Crippen LogP contribution in [0.2, 0.25) is 10.0 Å². The molecule has 31 heavy (non-hydrogen) atoms. The van der Waals surface area contributed by atoms with Gasteiger partial charge in [0, 0.05) is 29.4 Å². The summed E-state index contributed by atoms with van der Waals surface area (Å²) in [7, 11) is 0. The van der Waals surface area contributed by atoms with Gasteiger partial charge in [0.25, 0.3) is 0 Å². The van der Waals surface area contributed by atoms with Crippen molar-refractivity contribution in [2.75, 3.05) is 18.8 Å². The fraction of sp³-hybridized carbons (Fsp3) is 0.318. The van der Waals surface area contributed by atoms with Crippen molar-refractivity contribution < 1.29 is 9.53 Å². The molecule has 1 amide bonds. The minimum absolute atomic E-state index is 0.0318. The van der Waals surface area contributed by atoms with E-state index in [0.717, 1.165) is 11.3 Å². The molecule has 2 heterocycles. The molecule has 1 saturated heterocycles. The van der Waals surface area contributed by atoms with Gasteiger partial charge in [0.2, 0.25) is 5.91 Å². The summed E-state index contributed by atoms with van der Waals surface area (Å²) in [5.74, 6) is 0.913. The molecule has 2 unspecified atom stereocenters. The number of carbonyl (C=O) groups is 1. The molecule has 0 bridgehead atoms. The van der Waals surface area contributed by atoms with Gasteiger partial charge in [-0.1, -0.05) is 53.2 Å². The van der Waals surface area contributed by atoms with E-state index in [0.29, 0.717) is 34.1 Å². The monoisotopic (exact) mass is 476 g/mol. The fourth-order valence-electron chi connectivity index (χ4n) is 3.62. The summed E-state index contributed by atoms with van der Waals surface area (Å²) in [6.45, 7) is 5.16. The number of carbonyl (C=O) groups excluding carboxylic acids is 1. The molecule has 0 N–H and O–H groups in total. The number of para-hydroxylation sites is 1. The van der Waals surface area contributed by atoms with Crippen LogP contribution >= 0.6 is 35.0 Å². The average Bonchev–Trinajstić information content (AvgIpc) is 3.15. The van der Waals surface area contributed by atoms with Crippen molar-refractivity contribution in [3.8, 4) is 17.1 Å². The number of halogens is 2. The third kappa shape index (κ3) is 5.06. The molecule has 2 atom stereocenters. The molecule has 1 aliphatic heterocycles. The van der Waals surface area contributed by atoms with Crippen molar-refractivity contribution in [1.82, 2.24) is 19.7 Å². The van der Waals surface area contributed by atoms with Crippen molar-refractivity contribution >= 4 is 40.9 Å². The number of hydrogen-bond donors (Lipinski definition) is 0. The van der Waals surface area contributed by atoms with Gasteiger partial charge in [-0.05, 0) is 44.2 Å². The Bertz CT molecular complexity index is 1070. The Hall–Kier alpha value is -2.06. The van der Waals surface area contributed by atoms with Crippen LogP contribution in [0.5, 0.6) is 0 Å². The molecule has 4 rings (SSSR count). The van der Waals surface area contributed by atoms with Crippen molar-refractivity contribution in [2.45, 2.75) is 31.2 Å². The van der Waals surface area contributed by atoms with E-state index in [2.05, 4.69) is 10.2 Å². The van der Waals surface area contributed by atoms with Gasteiger partial charge in [-0.15, -0.1) is 10.2 Å². The van der Waals surface area contributed by atoms with E-state index in [4.69, 9.17) is 27.9 Å². The molecule has 2 aromatic carbocycles. The number of thioether (sulfide) groups is 1. The Morgan fingerprint density at radius 3 is 2.48 bits per heavy atom. The van der Waals surface area contributed by atoms with Gasteiger partial charge in [-0.2, -0.15) is 0 Å². The number of amides is 1. The van der Waals surface area contributed by atoms with E-state index in [9.17, 15) is 4.79 Å². The van der Waals surface area contributed by atoms with Crippen LogP contribution < -0.4 is 0 Å². The summed E-state index contributed by atoms with van der Waals surface area (Å²) in [6.07, 6.45) is 0.0636. The third-order valence-corrected chi connectivity index (χ3v) is 6.38. The standard InChI is InChI=1S/C22H22Cl2N4O2S/c1-14-11-27(12-15(2)30-14)20(29)13-31-22-26-25-21(18-9-8-16(23)10-19(18)24)28(22)17-6-4-3-5-7-17/h3-10,14-15H,11-13H2,1-2H3. The minimum Gasteiger partial charge on any atom is -0.372 e. The highest BCUT2D eigenvalue weighted by Crippen LogP contribution is 2.33. The first-order chi connectivity index (χ1) is 14.9. The Balaban J connectivity index is 1.62. The van der Waals surface area contributed by atoms with Gasteiger partial charge in [0.15, 0.2) is 11.0 Å². The Morgan fingerprint density at radius 2 is 1.81 bits per heavy atom. The van der Waals surface area contributed by atoms with Crippen LogP contribution in [-0.4, -0.2) is 56.6 Å². The fourth-order valence-corrected chi connectivity index (χ4v) is 4.97. The van der Waals surface area contributed by atoms with Gasteiger partial charge < -0.3 is 9.64 Å². The Morgan fingerprint density at radius 1 is 1.10 bits per heavy atom. The largest absolute Gasteiger partial charge is 0.372 e. The van der Waals surface area contributed by atoms with Crippen LogP contribution in [0.3, 0.4) is 0 Å². The molecule has 6 nitrogen and oxygen atoms in total. The molecular formula is C22H22Cl2N4O2S. The smallest absolute Gasteiger partial charge is 0.233 e. The summed E-state index contributed by atoms with van der Waals surface area (Å²) in [6, 6.07) is 15.0. The van der Waals surface area contributed by atoms with Gasteiger partial charge in [-0.3, -0.25) is 9.36 Å². The summed E-state index contributed by atoms with van der Waals surface area (Å²) in [5.41, 5.74) is 1.61. The Kier molecular flexibility index (Phi) is 6.86. The quantitative estimate of drug-likeness (QED) is 0.486. The van der Waals surface area contributed by atoms with Gasteiger partial charge >= 0.3 is 0 Å². The van der Waals surface area contributed by atoms with Crippen LogP contribution in [0, 0.1) is 0 Å². The van der Waals surface area contributed by atoms with E-state index >= 15 is 0 Å². The number of benzene rings is 2. The number of nitrogens with zero attached hydrogens (tertiary/aromatic N) is 4. The molecule has 3 aromatic rings. The van der Waals surface area contributed by atoms with E-state index < -0.39 is 0 Å². The molecule has 162 valence electrons. The highest BCUT2D eigenvalue weighted by atomic mass is 35.5. The number of rotatable bonds is 5. The van der Waals surface area contributed by atoms with Crippen molar-refractivity contribution in [3.05, 3.63) is 58.6 Å². The molecule has 1 aromatic heterocycles. The van der Waals surface area contributed by atoms with Crippen LogP contribution in [-0.2, 0) is 9.53 Å². The number of hydrogen-bond acceptors (Lipinski definition) is 5. The molecule has 0 saturated carbocycles. The molecule has 0 radical (unpaired) electrons. The minimum atomic E-state index is 0.0318. The first-order valence-corrected chi connectivity index (χ1v) is 11.7. The second kappa shape index (κ2) is 9.61. The maximum atomic E-state index is 12.8. The molecule has 9 heteroatoms. The van der Waals surface area contributed by atoms with Crippen molar-refractivity contribution in [2.24, 2.45) is 0 Å². The van der Waals surface area contributed by atoms with Gasteiger partial charge in [-0.25, -0.2) is 0 Å².